The van der Waals surface area contributed by atoms with Gasteiger partial charge in [-0.15, -0.1) is 10.1 Å². The van der Waals surface area contributed by atoms with Crippen molar-refractivity contribution < 1.29 is 48.0 Å². The maximum atomic E-state index is 12.0. The van der Waals surface area contributed by atoms with Crippen LogP contribution in [-0.2, 0) is 33.4 Å². The van der Waals surface area contributed by atoms with E-state index < -0.39 is 42.2 Å². The summed E-state index contributed by atoms with van der Waals surface area (Å²) in [5.41, 5.74) is -0.0593. The molecule has 0 saturated heterocycles. The molecule has 0 aliphatic heterocycles. The molecule has 1 rings (SSSR count). The number of unbranched alkanes of at least 4 members (excludes halogenated alkanes) is 1. The molecule has 12 nitrogen and oxygen atoms in total. The Morgan fingerprint density at radius 1 is 0.931 bits per heavy atom. The van der Waals surface area contributed by atoms with Crippen molar-refractivity contribution in [1.29, 1.82) is 0 Å². The number of hydrogen-bond donors (Lipinski definition) is 0. The molecule has 29 heavy (non-hydrogen) atoms. The highest BCUT2D eigenvalue weighted by atomic mass is 16.9. The number of rotatable bonds is 12. The number of carbonyl (C=O) groups excluding carboxylic acids is 4. The quantitative estimate of drug-likeness (QED) is 0.119. The van der Waals surface area contributed by atoms with Gasteiger partial charge in [0.05, 0.1) is 13.2 Å². The van der Waals surface area contributed by atoms with Gasteiger partial charge in [-0.25, -0.2) is 14.4 Å². The van der Waals surface area contributed by atoms with Crippen LogP contribution in [0.5, 0.6) is 5.75 Å². The van der Waals surface area contributed by atoms with Crippen LogP contribution in [0.15, 0.2) is 24.3 Å². The third-order valence-corrected chi connectivity index (χ3v) is 3.03. The fraction of sp³-hybridized carbons (Fsp3) is 0.412. The number of hydrogen-bond acceptors (Lipinski definition) is 11. The van der Waals surface area contributed by atoms with Gasteiger partial charge in [0.2, 0.25) is 0 Å². The van der Waals surface area contributed by atoms with Crippen molar-refractivity contribution in [3.63, 3.8) is 0 Å². The minimum absolute atomic E-state index is 0.0226. The van der Waals surface area contributed by atoms with Gasteiger partial charge in [-0.05, 0) is 25.0 Å². The fourth-order valence-electron chi connectivity index (χ4n) is 1.83. The van der Waals surface area contributed by atoms with E-state index in [0.29, 0.717) is 12.8 Å². The number of para-hydroxylation sites is 1. The van der Waals surface area contributed by atoms with Crippen LogP contribution in [0.4, 0.5) is 0 Å². The van der Waals surface area contributed by atoms with Crippen molar-refractivity contribution in [2.24, 2.45) is 0 Å². The molecule has 158 valence electrons. The molecule has 0 spiro atoms. The molecule has 0 aliphatic carbocycles. The van der Waals surface area contributed by atoms with Crippen LogP contribution in [0.2, 0.25) is 0 Å². The second kappa shape index (κ2) is 12.6. The summed E-state index contributed by atoms with van der Waals surface area (Å²) < 4.78 is 19.0. The van der Waals surface area contributed by atoms with Crippen molar-refractivity contribution in [3.8, 4) is 5.75 Å². The van der Waals surface area contributed by atoms with E-state index in [0.717, 1.165) is 0 Å². The Morgan fingerprint density at radius 2 is 1.55 bits per heavy atom. The number of esters is 4. The average molecular weight is 413 g/mol. The molecular formula is C17H19NO11. The third kappa shape index (κ3) is 10.3. The van der Waals surface area contributed by atoms with E-state index in [9.17, 15) is 29.3 Å². The molecule has 0 saturated carbocycles. The summed E-state index contributed by atoms with van der Waals surface area (Å²) in [6, 6.07) is 5.79. The van der Waals surface area contributed by atoms with E-state index in [-0.39, 0.29) is 24.5 Å². The van der Waals surface area contributed by atoms with Gasteiger partial charge in [-0.1, -0.05) is 12.1 Å². The van der Waals surface area contributed by atoms with Crippen LogP contribution >= 0.6 is 0 Å². The minimum Gasteiger partial charge on any atom is -0.463 e. The molecule has 12 heteroatoms. The number of benzene rings is 1. The van der Waals surface area contributed by atoms with Gasteiger partial charge in [0.1, 0.15) is 11.3 Å². The van der Waals surface area contributed by atoms with Crippen LogP contribution < -0.4 is 4.74 Å². The topological polar surface area (TPSA) is 158 Å². The molecule has 0 N–H and O–H groups in total. The van der Waals surface area contributed by atoms with E-state index in [1.807, 2.05) is 0 Å². The lowest BCUT2D eigenvalue weighted by molar-refractivity contribution is -0.757. The largest absolute Gasteiger partial charge is 0.463 e. The van der Waals surface area contributed by atoms with Crippen molar-refractivity contribution >= 4 is 23.9 Å². The zero-order chi connectivity index (χ0) is 21.6. The zero-order valence-electron chi connectivity index (χ0n) is 15.5. The Kier molecular flexibility index (Phi) is 10.2. The SMILES string of the molecule is CC(=O)Oc1ccccc1C(=O)OCC(=O)OCC(=O)OCCCCO[N+](=O)[O-]. The summed E-state index contributed by atoms with van der Waals surface area (Å²) in [5.74, 6) is -3.39. The Labute approximate surface area is 164 Å². The predicted octanol–water partition coefficient (Wildman–Crippen LogP) is 0.844. The summed E-state index contributed by atoms with van der Waals surface area (Å²) in [6.07, 6.45) is 0.631. The van der Waals surface area contributed by atoms with Crippen LogP contribution in [0, 0.1) is 10.1 Å². The average Bonchev–Trinajstić information content (AvgIpc) is 2.66. The second-order valence-electron chi connectivity index (χ2n) is 5.31. The number of nitrogens with zero attached hydrogens (tertiary/aromatic N) is 1. The lowest BCUT2D eigenvalue weighted by Gasteiger charge is -2.09. The predicted molar refractivity (Wildman–Crippen MR) is 92.1 cm³/mol. The summed E-state index contributed by atoms with van der Waals surface area (Å²) >= 11 is 0. The molecule has 0 amide bonds. The standard InChI is InChI=1S/C17H19NO11/c1-12(19)29-14-7-3-2-6-13(14)17(22)27-11-16(21)26-10-15(20)25-8-4-5-9-28-18(23)24/h2-3,6-7H,4-5,8-11H2,1H3. The summed E-state index contributed by atoms with van der Waals surface area (Å²) in [6.45, 7) is -0.436. The maximum absolute atomic E-state index is 12.0. The Hall–Kier alpha value is -3.70. The Morgan fingerprint density at radius 3 is 2.24 bits per heavy atom. The number of carbonyl (C=O) groups is 4. The maximum Gasteiger partial charge on any atom is 0.344 e. The van der Waals surface area contributed by atoms with Gasteiger partial charge in [0.15, 0.2) is 13.2 Å². The molecule has 1 aromatic rings. The smallest absolute Gasteiger partial charge is 0.344 e. The highest BCUT2D eigenvalue weighted by Crippen LogP contribution is 2.19. The van der Waals surface area contributed by atoms with Crippen LogP contribution in [0.3, 0.4) is 0 Å². The molecular weight excluding hydrogens is 394 g/mol. The molecule has 1 aromatic carbocycles. The first kappa shape index (κ1) is 23.3. The Balaban J connectivity index is 2.27. The zero-order valence-corrected chi connectivity index (χ0v) is 15.5. The van der Waals surface area contributed by atoms with Gasteiger partial charge in [-0.3, -0.25) is 4.79 Å². The molecule has 0 atom stereocenters. The van der Waals surface area contributed by atoms with Gasteiger partial charge in [0.25, 0.3) is 5.09 Å². The summed E-state index contributed by atoms with van der Waals surface area (Å²) in [5, 5.41) is 9.00. The highest BCUT2D eigenvalue weighted by Gasteiger charge is 2.17. The lowest BCUT2D eigenvalue weighted by atomic mass is 10.2. The van der Waals surface area contributed by atoms with Crippen LogP contribution in [0.1, 0.15) is 30.1 Å². The molecule has 0 radical (unpaired) electrons. The molecule has 0 heterocycles. The van der Waals surface area contributed by atoms with Gasteiger partial charge >= 0.3 is 23.9 Å². The molecule has 0 bridgehead atoms. The highest BCUT2D eigenvalue weighted by molar-refractivity contribution is 5.94. The van der Waals surface area contributed by atoms with Crippen molar-refractivity contribution in [1.82, 2.24) is 0 Å². The first-order chi connectivity index (χ1) is 13.8. The molecule has 0 aromatic heterocycles. The van der Waals surface area contributed by atoms with Gasteiger partial charge < -0.3 is 23.8 Å². The van der Waals surface area contributed by atoms with E-state index in [1.165, 1.54) is 25.1 Å². The van der Waals surface area contributed by atoms with E-state index in [2.05, 4.69) is 9.57 Å². The lowest BCUT2D eigenvalue weighted by Crippen LogP contribution is -2.22. The Bertz CT molecular complexity index is 747. The summed E-state index contributed by atoms with van der Waals surface area (Å²) in [7, 11) is 0. The van der Waals surface area contributed by atoms with E-state index in [1.54, 1.807) is 6.07 Å². The third-order valence-electron chi connectivity index (χ3n) is 3.03. The van der Waals surface area contributed by atoms with Crippen LogP contribution in [-0.4, -0.2) is 55.4 Å². The molecule has 0 unspecified atom stereocenters. The molecule has 0 fully saturated rings. The van der Waals surface area contributed by atoms with E-state index >= 15 is 0 Å². The first-order valence-electron chi connectivity index (χ1n) is 8.32. The number of ether oxygens (including phenoxy) is 4. The van der Waals surface area contributed by atoms with Crippen molar-refractivity contribution in [3.05, 3.63) is 39.9 Å². The monoisotopic (exact) mass is 413 g/mol. The van der Waals surface area contributed by atoms with Crippen molar-refractivity contribution in [2.75, 3.05) is 26.4 Å². The van der Waals surface area contributed by atoms with Crippen molar-refractivity contribution in [2.45, 2.75) is 19.8 Å². The fourth-order valence-corrected chi connectivity index (χ4v) is 1.83. The minimum atomic E-state index is -0.986. The summed E-state index contributed by atoms with van der Waals surface area (Å²) in [4.78, 5) is 60.0. The van der Waals surface area contributed by atoms with Gasteiger partial charge in [0, 0.05) is 6.92 Å². The van der Waals surface area contributed by atoms with Gasteiger partial charge in [-0.2, -0.15) is 0 Å². The normalized spacial score (nSPS) is 9.83. The second-order valence-corrected chi connectivity index (χ2v) is 5.31. The van der Waals surface area contributed by atoms with E-state index in [4.69, 9.17) is 14.2 Å². The first-order valence-corrected chi connectivity index (χ1v) is 8.32. The van der Waals surface area contributed by atoms with Crippen LogP contribution in [0.25, 0.3) is 0 Å². The molecule has 0 aliphatic rings.